The van der Waals surface area contributed by atoms with Crippen LogP contribution in [-0.4, -0.2) is 22.2 Å². The van der Waals surface area contributed by atoms with Crippen molar-refractivity contribution in [2.45, 2.75) is 12.2 Å². The van der Waals surface area contributed by atoms with Crippen LogP contribution in [-0.2, 0) is 0 Å². The third kappa shape index (κ3) is 2.70. The minimum absolute atomic E-state index is 0.00502. The summed E-state index contributed by atoms with van der Waals surface area (Å²) in [6.45, 7) is 0. The molecule has 0 aliphatic rings. The minimum Gasteiger partial charge on any atom is -0.389 e. The maximum Gasteiger partial charge on any atom is 0.108 e. The van der Waals surface area contributed by atoms with Gasteiger partial charge in [0.2, 0.25) is 0 Å². The lowest BCUT2D eigenvalue weighted by Crippen LogP contribution is -2.20. The molecule has 2 atom stereocenters. The van der Waals surface area contributed by atoms with Crippen molar-refractivity contribution in [2.24, 2.45) is 0 Å². The first kappa shape index (κ1) is 12.5. The molecule has 0 amide bonds. The number of hydrogen-bond donors (Lipinski definition) is 2. The molecule has 0 aromatic heterocycles. The largest absolute Gasteiger partial charge is 0.389 e. The molecule has 0 saturated carbocycles. The highest BCUT2D eigenvalue weighted by Gasteiger charge is 2.21. The molecule has 0 heterocycles. The van der Waals surface area contributed by atoms with E-state index in [1.807, 2.05) is 6.07 Å². The van der Waals surface area contributed by atoms with Gasteiger partial charge in [0.1, 0.15) is 6.10 Å². The normalized spacial score (nSPS) is 15.2. The number of benzene rings is 1. The van der Waals surface area contributed by atoms with E-state index in [1.165, 1.54) is 0 Å². The van der Waals surface area contributed by atoms with Crippen LogP contribution < -0.4 is 0 Å². The highest BCUT2D eigenvalue weighted by Crippen LogP contribution is 2.32. The molecule has 0 bridgehead atoms. The Bertz CT molecular complexity index is 299. The summed E-state index contributed by atoms with van der Waals surface area (Å²) in [4.78, 5) is 0. The van der Waals surface area contributed by atoms with E-state index in [0.717, 1.165) is 8.95 Å². The van der Waals surface area contributed by atoms with Gasteiger partial charge in [0.05, 0.1) is 12.0 Å². The highest BCUT2D eigenvalue weighted by molar-refractivity contribution is 9.11. The first-order chi connectivity index (χ1) is 6.57. The smallest absolute Gasteiger partial charge is 0.108 e. The Morgan fingerprint density at radius 2 is 1.71 bits per heavy atom. The second-order valence-corrected chi connectivity index (χ2v) is 4.82. The Labute approximate surface area is 104 Å². The van der Waals surface area contributed by atoms with Gasteiger partial charge in [0, 0.05) is 14.5 Å². The van der Waals surface area contributed by atoms with Crippen LogP contribution in [0.5, 0.6) is 0 Å². The monoisotopic (exact) mass is 342 g/mol. The maximum absolute atomic E-state index is 9.76. The molecule has 78 valence electrons. The second kappa shape index (κ2) is 5.47. The maximum atomic E-state index is 9.76. The second-order valence-electron chi connectivity index (χ2n) is 2.80. The molecular weight excluding hydrogens is 335 g/mol. The molecule has 0 fully saturated rings. The number of aliphatic hydroxyl groups is 2. The number of rotatable bonds is 3. The van der Waals surface area contributed by atoms with E-state index in [0.29, 0.717) is 5.56 Å². The lowest BCUT2D eigenvalue weighted by Gasteiger charge is -2.18. The molecule has 5 heteroatoms. The highest BCUT2D eigenvalue weighted by atomic mass is 79.9. The zero-order chi connectivity index (χ0) is 10.7. The molecule has 1 aromatic rings. The summed E-state index contributed by atoms with van der Waals surface area (Å²) in [5, 5.41) is 19.2. The number of aliphatic hydroxyl groups excluding tert-OH is 2. The van der Waals surface area contributed by atoms with Gasteiger partial charge in [-0.05, 0) is 12.1 Å². The van der Waals surface area contributed by atoms with Crippen LogP contribution in [0.25, 0.3) is 0 Å². The van der Waals surface area contributed by atoms with Crippen LogP contribution in [0.1, 0.15) is 11.7 Å². The van der Waals surface area contributed by atoms with Gasteiger partial charge in [0.25, 0.3) is 0 Å². The van der Waals surface area contributed by atoms with Crippen LogP contribution in [0.2, 0.25) is 0 Å². The zero-order valence-corrected chi connectivity index (χ0v) is 11.1. The lowest BCUT2D eigenvalue weighted by atomic mass is 10.1. The van der Waals surface area contributed by atoms with Crippen molar-refractivity contribution in [3.05, 3.63) is 32.7 Å². The van der Waals surface area contributed by atoms with Crippen molar-refractivity contribution in [1.82, 2.24) is 0 Å². The van der Waals surface area contributed by atoms with Gasteiger partial charge in [-0.1, -0.05) is 37.9 Å². The van der Waals surface area contributed by atoms with Crippen LogP contribution in [0.3, 0.4) is 0 Å². The van der Waals surface area contributed by atoms with E-state index in [2.05, 4.69) is 31.9 Å². The Balaban J connectivity index is 3.05. The molecule has 1 rings (SSSR count). The van der Waals surface area contributed by atoms with Crippen LogP contribution in [0, 0.1) is 0 Å². The molecule has 2 N–H and O–H groups in total. The average Bonchev–Trinajstić information content (AvgIpc) is 2.16. The Morgan fingerprint density at radius 1 is 1.21 bits per heavy atom. The first-order valence-corrected chi connectivity index (χ1v) is 6.06. The van der Waals surface area contributed by atoms with Crippen molar-refractivity contribution >= 4 is 43.5 Å². The summed E-state index contributed by atoms with van der Waals surface area (Å²) in [6.07, 6.45) is -1.95. The summed E-state index contributed by atoms with van der Waals surface area (Å²) in [6, 6.07) is 5.42. The van der Waals surface area contributed by atoms with Gasteiger partial charge in [-0.25, -0.2) is 0 Å². The molecule has 14 heavy (non-hydrogen) atoms. The fourth-order valence-corrected chi connectivity index (χ4v) is 2.71. The molecule has 0 aliphatic heterocycles. The number of alkyl halides is 1. The molecule has 2 unspecified atom stereocenters. The van der Waals surface area contributed by atoms with E-state index in [9.17, 15) is 10.2 Å². The quantitative estimate of drug-likeness (QED) is 0.828. The third-order valence-corrected chi connectivity index (χ3v) is 3.52. The first-order valence-electron chi connectivity index (χ1n) is 3.94. The van der Waals surface area contributed by atoms with Gasteiger partial charge in [-0.3, -0.25) is 0 Å². The molecular formula is C9H9Br2ClO2. The van der Waals surface area contributed by atoms with E-state index >= 15 is 0 Å². The predicted molar refractivity (Wildman–Crippen MR) is 63.5 cm³/mol. The Morgan fingerprint density at radius 3 is 2.14 bits per heavy atom. The summed E-state index contributed by atoms with van der Waals surface area (Å²) < 4.78 is 1.48. The van der Waals surface area contributed by atoms with Gasteiger partial charge in [-0.15, -0.1) is 11.6 Å². The summed E-state index contributed by atoms with van der Waals surface area (Å²) >= 11 is 12.1. The van der Waals surface area contributed by atoms with Crippen LogP contribution >= 0.6 is 43.5 Å². The van der Waals surface area contributed by atoms with Crippen molar-refractivity contribution in [1.29, 1.82) is 0 Å². The topological polar surface area (TPSA) is 40.5 Å². The number of halogens is 3. The summed E-state index contributed by atoms with van der Waals surface area (Å²) in [5.74, 6) is -0.00502. The number of hydrogen-bond acceptors (Lipinski definition) is 2. The molecule has 2 nitrogen and oxygen atoms in total. The van der Waals surface area contributed by atoms with Crippen molar-refractivity contribution < 1.29 is 10.2 Å². The standard InChI is InChI=1S/C9H9Br2ClO2/c10-5-2-1-3-6(11)8(5)9(14)7(13)4-12/h1-3,7,9,13-14H,4H2. The van der Waals surface area contributed by atoms with Crippen molar-refractivity contribution in [3.8, 4) is 0 Å². The predicted octanol–water partition coefficient (Wildman–Crippen LogP) is 2.84. The molecule has 0 spiro atoms. The lowest BCUT2D eigenvalue weighted by molar-refractivity contribution is 0.0318. The van der Waals surface area contributed by atoms with E-state index < -0.39 is 12.2 Å². The molecule has 1 aromatic carbocycles. The van der Waals surface area contributed by atoms with E-state index in [4.69, 9.17) is 11.6 Å². The summed E-state index contributed by atoms with van der Waals surface area (Å²) in [5.41, 5.74) is 0.612. The van der Waals surface area contributed by atoms with Gasteiger partial charge in [0.15, 0.2) is 0 Å². The van der Waals surface area contributed by atoms with Crippen LogP contribution in [0.15, 0.2) is 27.1 Å². The van der Waals surface area contributed by atoms with E-state index in [1.54, 1.807) is 12.1 Å². The summed E-state index contributed by atoms with van der Waals surface area (Å²) in [7, 11) is 0. The fraction of sp³-hybridized carbons (Fsp3) is 0.333. The minimum atomic E-state index is -0.988. The van der Waals surface area contributed by atoms with Gasteiger partial charge < -0.3 is 10.2 Å². The molecule has 0 aliphatic carbocycles. The van der Waals surface area contributed by atoms with Gasteiger partial charge >= 0.3 is 0 Å². The molecule has 0 radical (unpaired) electrons. The fourth-order valence-electron chi connectivity index (χ4n) is 1.07. The Hall–Kier alpha value is 0.390. The van der Waals surface area contributed by atoms with Gasteiger partial charge in [-0.2, -0.15) is 0 Å². The zero-order valence-electron chi connectivity index (χ0n) is 7.12. The Kier molecular flexibility index (Phi) is 4.87. The molecule has 0 saturated heterocycles. The SMILES string of the molecule is OC(CCl)C(O)c1c(Br)cccc1Br. The van der Waals surface area contributed by atoms with Crippen molar-refractivity contribution in [3.63, 3.8) is 0 Å². The average molecular weight is 344 g/mol. The van der Waals surface area contributed by atoms with Crippen LogP contribution in [0.4, 0.5) is 0 Å². The van der Waals surface area contributed by atoms with E-state index in [-0.39, 0.29) is 5.88 Å². The third-order valence-electron chi connectivity index (χ3n) is 1.82. The van der Waals surface area contributed by atoms with Crippen molar-refractivity contribution in [2.75, 3.05) is 5.88 Å².